The molecular formula is C20H26N2O4S. The number of amides is 1. The quantitative estimate of drug-likeness (QED) is 0.542. The Morgan fingerprint density at radius 3 is 2.37 bits per heavy atom. The second-order valence-corrected chi connectivity index (χ2v) is 8.04. The van der Waals surface area contributed by atoms with Crippen LogP contribution in [0.4, 0.5) is 0 Å². The first-order valence-electron chi connectivity index (χ1n) is 8.96. The number of aryl methyl sites for hydroxylation is 1. The highest BCUT2D eigenvalue weighted by molar-refractivity contribution is 7.89. The molecule has 7 heteroatoms. The van der Waals surface area contributed by atoms with Gasteiger partial charge in [0.2, 0.25) is 15.9 Å². The predicted molar refractivity (Wildman–Crippen MR) is 105 cm³/mol. The third-order valence-corrected chi connectivity index (χ3v) is 5.72. The van der Waals surface area contributed by atoms with Gasteiger partial charge < -0.3 is 10.4 Å². The van der Waals surface area contributed by atoms with E-state index >= 15 is 0 Å². The average Bonchev–Trinajstić information content (AvgIpc) is 2.67. The summed E-state index contributed by atoms with van der Waals surface area (Å²) in [6.07, 6.45) is 1.38. The van der Waals surface area contributed by atoms with Crippen LogP contribution in [0.2, 0.25) is 0 Å². The number of aliphatic hydroxyl groups is 1. The Morgan fingerprint density at radius 2 is 1.74 bits per heavy atom. The van der Waals surface area contributed by atoms with Gasteiger partial charge in [0.15, 0.2) is 0 Å². The lowest BCUT2D eigenvalue weighted by Gasteiger charge is -2.15. The van der Waals surface area contributed by atoms with Gasteiger partial charge in [0.1, 0.15) is 0 Å². The molecule has 0 aliphatic heterocycles. The van der Waals surface area contributed by atoms with Gasteiger partial charge in [-0.3, -0.25) is 4.79 Å². The van der Waals surface area contributed by atoms with Crippen molar-refractivity contribution in [2.45, 2.75) is 37.1 Å². The maximum absolute atomic E-state index is 12.5. The first-order valence-corrected chi connectivity index (χ1v) is 10.4. The van der Waals surface area contributed by atoms with E-state index in [1.165, 1.54) is 0 Å². The molecule has 2 aromatic rings. The van der Waals surface area contributed by atoms with E-state index in [9.17, 15) is 13.2 Å². The molecule has 1 atom stereocenters. The van der Waals surface area contributed by atoms with Crippen molar-refractivity contribution in [2.24, 2.45) is 0 Å². The van der Waals surface area contributed by atoms with Gasteiger partial charge in [0.25, 0.3) is 0 Å². The standard InChI is InChI=1S/C20H26N2O4S/c1-16(18-6-3-2-4-7-18)22-27(25,26)19-11-8-17(9-12-19)10-13-20(24)21-14-5-15-23/h2-4,6-9,11-12,16,22-23H,5,10,13-15H2,1H3,(H,21,24)/t16-/m0/s1. The van der Waals surface area contributed by atoms with Crippen molar-refractivity contribution in [1.29, 1.82) is 0 Å². The van der Waals surface area contributed by atoms with Crippen molar-refractivity contribution in [1.82, 2.24) is 10.0 Å². The first-order chi connectivity index (χ1) is 12.9. The predicted octanol–water partition coefficient (Wildman–Crippen LogP) is 2.16. The highest BCUT2D eigenvalue weighted by atomic mass is 32.2. The summed E-state index contributed by atoms with van der Waals surface area (Å²) in [7, 11) is -3.62. The number of benzene rings is 2. The number of carbonyl (C=O) groups is 1. The summed E-state index contributed by atoms with van der Waals surface area (Å²) in [5.74, 6) is -0.0847. The Bertz CT molecular complexity index is 821. The molecule has 2 rings (SSSR count). The number of hydrogen-bond donors (Lipinski definition) is 3. The van der Waals surface area contributed by atoms with Crippen LogP contribution in [0, 0.1) is 0 Å². The van der Waals surface area contributed by atoms with E-state index in [0.717, 1.165) is 11.1 Å². The van der Waals surface area contributed by atoms with Gasteiger partial charge in [-0.05, 0) is 43.0 Å². The maximum Gasteiger partial charge on any atom is 0.241 e. The minimum atomic E-state index is -3.62. The molecular weight excluding hydrogens is 364 g/mol. The minimum Gasteiger partial charge on any atom is -0.396 e. The lowest BCUT2D eigenvalue weighted by molar-refractivity contribution is -0.121. The van der Waals surface area contributed by atoms with Crippen molar-refractivity contribution >= 4 is 15.9 Å². The number of rotatable bonds is 10. The van der Waals surface area contributed by atoms with Crippen LogP contribution in [-0.4, -0.2) is 32.6 Å². The van der Waals surface area contributed by atoms with Gasteiger partial charge in [-0.25, -0.2) is 13.1 Å². The number of hydrogen-bond acceptors (Lipinski definition) is 4. The zero-order valence-electron chi connectivity index (χ0n) is 15.4. The van der Waals surface area contributed by atoms with Crippen molar-refractivity contribution < 1.29 is 18.3 Å². The summed E-state index contributed by atoms with van der Waals surface area (Å²) in [6.45, 7) is 2.31. The molecule has 3 N–H and O–H groups in total. The van der Waals surface area contributed by atoms with Crippen molar-refractivity contribution in [3.63, 3.8) is 0 Å². The highest BCUT2D eigenvalue weighted by Gasteiger charge is 2.18. The molecule has 0 saturated heterocycles. The molecule has 0 fully saturated rings. The lowest BCUT2D eigenvalue weighted by atomic mass is 10.1. The van der Waals surface area contributed by atoms with E-state index in [-0.39, 0.29) is 23.5 Å². The monoisotopic (exact) mass is 390 g/mol. The first kappa shape index (κ1) is 21.1. The molecule has 0 aliphatic rings. The second kappa shape index (κ2) is 10.2. The SMILES string of the molecule is C[C@H](NS(=O)(=O)c1ccc(CCC(=O)NCCCO)cc1)c1ccccc1. The summed E-state index contributed by atoms with van der Waals surface area (Å²) in [5, 5.41) is 11.4. The number of nitrogens with one attached hydrogen (secondary N) is 2. The molecule has 27 heavy (non-hydrogen) atoms. The zero-order chi connectivity index (χ0) is 19.7. The number of sulfonamides is 1. The van der Waals surface area contributed by atoms with Crippen LogP contribution in [0.15, 0.2) is 59.5 Å². The van der Waals surface area contributed by atoms with E-state index in [1.54, 1.807) is 31.2 Å². The van der Waals surface area contributed by atoms with Gasteiger partial charge in [0, 0.05) is 25.6 Å². The molecule has 0 unspecified atom stereocenters. The second-order valence-electron chi connectivity index (χ2n) is 6.32. The van der Waals surface area contributed by atoms with Crippen LogP contribution < -0.4 is 10.0 Å². The molecule has 0 bridgehead atoms. The zero-order valence-corrected chi connectivity index (χ0v) is 16.2. The summed E-state index contributed by atoms with van der Waals surface area (Å²) in [6, 6.07) is 15.6. The third kappa shape index (κ3) is 6.78. The fourth-order valence-electron chi connectivity index (χ4n) is 2.60. The van der Waals surface area contributed by atoms with Crippen LogP contribution in [0.1, 0.15) is 36.9 Å². The number of carbonyl (C=O) groups excluding carboxylic acids is 1. The van der Waals surface area contributed by atoms with Crippen molar-refractivity contribution in [3.05, 3.63) is 65.7 Å². The van der Waals surface area contributed by atoms with Gasteiger partial charge >= 0.3 is 0 Å². The molecule has 2 aromatic carbocycles. The topological polar surface area (TPSA) is 95.5 Å². The van der Waals surface area contributed by atoms with E-state index < -0.39 is 10.0 Å². The lowest BCUT2D eigenvalue weighted by Crippen LogP contribution is -2.27. The van der Waals surface area contributed by atoms with Crippen LogP contribution in [0.5, 0.6) is 0 Å². The molecule has 146 valence electrons. The molecule has 0 saturated carbocycles. The molecule has 0 spiro atoms. The normalized spacial score (nSPS) is 12.5. The summed E-state index contributed by atoms with van der Waals surface area (Å²) < 4.78 is 27.8. The number of aliphatic hydroxyl groups excluding tert-OH is 1. The molecule has 0 heterocycles. The molecule has 0 aromatic heterocycles. The van der Waals surface area contributed by atoms with Crippen LogP contribution in [0.25, 0.3) is 0 Å². The van der Waals surface area contributed by atoms with E-state index in [4.69, 9.17) is 5.11 Å². The minimum absolute atomic E-state index is 0.0488. The summed E-state index contributed by atoms with van der Waals surface area (Å²) in [4.78, 5) is 11.9. The van der Waals surface area contributed by atoms with E-state index in [2.05, 4.69) is 10.0 Å². The fraction of sp³-hybridized carbons (Fsp3) is 0.350. The molecule has 0 radical (unpaired) electrons. The summed E-state index contributed by atoms with van der Waals surface area (Å²) >= 11 is 0. The average molecular weight is 391 g/mol. The smallest absolute Gasteiger partial charge is 0.241 e. The Kier molecular flexibility index (Phi) is 7.97. The third-order valence-electron chi connectivity index (χ3n) is 4.16. The molecule has 1 amide bonds. The largest absolute Gasteiger partial charge is 0.396 e. The maximum atomic E-state index is 12.5. The Labute approximate surface area is 160 Å². The fourth-order valence-corrected chi connectivity index (χ4v) is 3.83. The Morgan fingerprint density at radius 1 is 1.07 bits per heavy atom. The summed E-state index contributed by atoms with van der Waals surface area (Å²) in [5.41, 5.74) is 1.78. The highest BCUT2D eigenvalue weighted by Crippen LogP contribution is 2.17. The van der Waals surface area contributed by atoms with E-state index in [1.807, 2.05) is 30.3 Å². The van der Waals surface area contributed by atoms with Gasteiger partial charge in [-0.15, -0.1) is 0 Å². The van der Waals surface area contributed by atoms with Crippen LogP contribution in [-0.2, 0) is 21.2 Å². The van der Waals surface area contributed by atoms with Gasteiger partial charge in [0.05, 0.1) is 4.90 Å². The Hall–Kier alpha value is -2.22. The van der Waals surface area contributed by atoms with E-state index in [0.29, 0.717) is 25.8 Å². The van der Waals surface area contributed by atoms with Gasteiger partial charge in [-0.2, -0.15) is 0 Å². The van der Waals surface area contributed by atoms with Crippen molar-refractivity contribution in [2.75, 3.05) is 13.2 Å². The Balaban J connectivity index is 1.92. The molecule has 6 nitrogen and oxygen atoms in total. The van der Waals surface area contributed by atoms with Crippen LogP contribution in [0.3, 0.4) is 0 Å². The van der Waals surface area contributed by atoms with Crippen LogP contribution >= 0.6 is 0 Å². The van der Waals surface area contributed by atoms with Gasteiger partial charge in [-0.1, -0.05) is 42.5 Å². The molecule has 0 aliphatic carbocycles. The van der Waals surface area contributed by atoms with Crippen molar-refractivity contribution in [3.8, 4) is 0 Å².